The Kier molecular flexibility index (Phi) is 5.82. The normalized spacial score (nSPS) is 25.9. The van der Waals surface area contributed by atoms with Crippen molar-refractivity contribution in [2.75, 3.05) is 20.1 Å². The lowest BCUT2D eigenvalue weighted by Gasteiger charge is -2.40. The fraction of sp³-hybridized carbons (Fsp3) is 0.923. The van der Waals surface area contributed by atoms with Crippen molar-refractivity contribution < 1.29 is 23.1 Å². The number of likely N-dealkylation sites (N-methyl/N-ethyl adjacent to an activating group) is 1. The number of carbonyl (C=O) groups excluding carboxylic acids is 1. The van der Waals surface area contributed by atoms with Crippen LogP contribution in [0.3, 0.4) is 0 Å². The van der Waals surface area contributed by atoms with E-state index in [4.69, 9.17) is 5.11 Å². The lowest BCUT2D eigenvalue weighted by molar-refractivity contribution is -0.207. The van der Waals surface area contributed by atoms with Crippen LogP contribution in [0.4, 0.5) is 13.2 Å². The number of halogens is 3. The third-order valence-corrected chi connectivity index (χ3v) is 3.75. The van der Waals surface area contributed by atoms with Gasteiger partial charge in [-0.05, 0) is 40.2 Å². The molecule has 0 saturated carbocycles. The van der Waals surface area contributed by atoms with Crippen molar-refractivity contribution in [3.63, 3.8) is 0 Å². The smallest absolute Gasteiger partial charge is 0.382 e. The lowest BCUT2D eigenvalue weighted by atomic mass is 9.97. The summed E-state index contributed by atoms with van der Waals surface area (Å²) >= 11 is 0. The fourth-order valence-electron chi connectivity index (χ4n) is 2.69. The number of aliphatic hydroxyl groups is 1. The quantitative estimate of drug-likeness (QED) is 0.857. The maximum Gasteiger partial charge on any atom is 0.415 e. The minimum atomic E-state index is -4.65. The Morgan fingerprint density at radius 2 is 1.85 bits per heavy atom. The van der Waals surface area contributed by atoms with Gasteiger partial charge >= 0.3 is 6.18 Å². The summed E-state index contributed by atoms with van der Waals surface area (Å²) in [6, 6.07) is 0.236. The van der Waals surface area contributed by atoms with E-state index in [1.165, 1.54) is 11.9 Å². The van der Waals surface area contributed by atoms with Crippen LogP contribution in [0.15, 0.2) is 0 Å². The van der Waals surface area contributed by atoms with Crippen LogP contribution in [-0.4, -0.2) is 65.3 Å². The van der Waals surface area contributed by atoms with Gasteiger partial charge in [-0.2, -0.15) is 13.2 Å². The summed E-state index contributed by atoms with van der Waals surface area (Å²) in [4.78, 5) is 15.1. The molecule has 1 aliphatic heterocycles. The molecule has 118 valence electrons. The molecule has 3 unspecified atom stereocenters. The van der Waals surface area contributed by atoms with Crippen LogP contribution >= 0.6 is 0 Å². The molecule has 1 aliphatic rings. The molecule has 20 heavy (non-hydrogen) atoms. The molecule has 1 saturated heterocycles. The van der Waals surface area contributed by atoms with Crippen LogP contribution in [-0.2, 0) is 4.79 Å². The summed E-state index contributed by atoms with van der Waals surface area (Å²) in [7, 11) is 1.41. The fourth-order valence-corrected chi connectivity index (χ4v) is 2.69. The van der Waals surface area contributed by atoms with Crippen LogP contribution < -0.4 is 0 Å². The van der Waals surface area contributed by atoms with Crippen LogP contribution in [0.1, 0.15) is 33.1 Å². The number of aliphatic hydroxyl groups excluding tert-OH is 1. The topological polar surface area (TPSA) is 43.8 Å². The molecule has 1 amide bonds. The standard InChI is InChI=1S/C13H23F3N2O2/c1-9-5-4-6-10(2)18(9)12(20)8-17(3)7-11(19)13(14,15)16/h9-11,19H,4-8H2,1-3H3. The number of likely N-dealkylation sites (tertiary alicyclic amines) is 1. The molecule has 0 radical (unpaired) electrons. The van der Waals surface area contributed by atoms with E-state index in [2.05, 4.69) is 0 Å². The number of alkyl halides is 3. The Bertz CT molecular complexity index is 326. The van der Waals surface area contributed by atoms with Crippen LogP contribution in [0.2, 0.25) is 0 Å². The second-order valence-electron chi connectivity index (χ2n) is 5.68. The second-order valence-corrected chi connectivity index (χ2v) is 5.68. The highest BCUT2D eigenvalue weighted by molar-refractivity contribution is 5.79. The number of rotatable bonds is 4. The molecule has 0 aromatic carbocycles. The maximum atomic E-state index is 12.3. The molecular formula is C13H23F3N2O2. The molecule has 0 aromatic rings. The molecular weight excluding hydrogens is 273 g/mol. The van der Waals surface area contributed by atoms with E-state index in [9.17, 15) is 18.0 Å². The summed E-state index contributed by atoms with van der Waals surface area (Å²) in [6.07, 6.45) is -4.16. The first-order valence-electron chi connectivity index (χ1n) is 6.87. The highest BCUT2D eigenvalue weighted by Gasteiger charge is 2.39. The van der Waals surface area contributed by atoms with Gasteiger partial charge in [-0.25, -0.2) is 0 Å². The second kappa shape index (κ2) is 6.76. The van der Waals surface area contributed by atoms with Crippen molar-refractivity contribution >= 4 is 5.91 Å². The van der Waals surface area contributed by atoms with E-state index in [0.717, 1.165) is 19.3 Å². The first kappa shape index (κ1) is 17.2. The summed E-state index contributed by atoms with van der Waals surface area (Å²) < 4.78 is 36.8. The van der Waals surface area contributed by atoms with E-state index >= 15 is 0 Å². The molecule has 1 rings (SSSR count). The van der Waals surface area contributed by atoms with E-state index in [-0.39, 0.29) is 24.5 Å². The zero-order chi connectivity index (χ0) is 15.5. The summed E-state index contributed by atoms with van der Waals surface area (Å²) in [5, 5.41) is 8.99. The number of hydrogen-bond acceptors (Lipinski definition) is 3. The highest BCUT2D eigenvalue weighted by Crippen LogP contribution is 2.23. The van der Waals surface area contributed by atoms with E-state index in [1.54, 1.807) is 4.90 Å². The van der Waals surface area contributed by atoms with Crippen molar-refractivity contribution in [1.29, 1.82) is 0 Å². The largest absolute Gasteiger partial charge is 0.415 e. The van der Waals surface area contributed by atoms with Gasteiger partial charge in [0.05, 0.1) is 6.54 Å². The average molecular weight is 296 g/mol. The van der Waals surface area contributed by atoms with E-state index in [0.29, 0.717) is 0 Å². The maximum absolute atomic E-state index is 12.3. The summed E-state index contributed by atoms with van der Waals surface area (Å²) in [5.41, 5.74) is 0. The van der Waals surface area contributed by atoms with Gasteiger partial charge in [-0.1, -0.05) is 0 Å². The third-order valence-electron chi connectivity index (χ3n) is 3.75. The van der Waals surface area contributed by atoms with Gasteiger partial charge in [0.15, 0.2) is 6.10 Å². The van der Waals surface area contributed by atoms with E-state index < -0.39 is 18.8 Å². The predicted octanol–water partition coefficient (Wildman–Crippen LogP) is 1.63. The van der Waals surface area contributed by atoms with Gasteiger partial charge < -0.3 is 10.0 Å². The summed E-state index contributed by atoms with van der Waals surface area (Å²) in [5.74, 6) is -0.179. The highest BCUT2D eigenvalue weighted by atomic mass is 19.4. The third kappa shape index (κ3) is 4.63. The van der Waals surface area contributed by atoms with Gasteiger partial charge in [-0.3, -0.25) is 9.69 Å². The van der Waals surface area contributed by atoms with Crippen molar-refractivity contribution in [2.45, 2.75) is 57.5 Å². The Hall–Kier alpha value is -0.820. The molecule has 1 N–H and O–H groups in total. The molecule has 1 fully saturated rings. The molecule has 1 heterocycles. The average Bonchev–Trinajstić information content (AvgIpc) is 2.26. The van der Waals surface area contributed by atoms with Gasteiger partial charge in [0.25, 0.3) is 0 Å². The Morgan fingerprint density at radius 3 is 2.30 bits per heavy atom. The molecule has 0 spiro atoms. The monoisotopic (exact) mass is 296 g/mol. The van der Waals surface area contributed by atoms with Gasteiger partial charge in [0.2, 0.25) is 5.91 Å². The minimum absolute atomic E-state index is 0.109. The predicted molar refractivity (Wildman–Crippen MR) is 69.2 cm³/mol. The first-order chi connectivity index (χ1) is 9.12. The Balaban J connectivity index is 2.52. The van der Waals surface area contributed by atoms with Gasteiger partial charge in [0, 0.05) is 18.6 Å². The Morgan fingerprint density at radius 1 is 1.35 bits per heavy atom. The van der Waals surface area contributed by atoms with Gasteiger partial charge in [-0.15, -0.1) is 0 Å². The minimum Gasteiger partial charge on any atom is -0.382 e. The molecule has 0 aromatic heterocycles. The zero-order valence-corrected chi connectivity index (χ0v) is 12.2. The molecule has 0 bridgehead atoms. The summed E-state index contributed by atoms with van der Waals surface area (Å²) in [6.45, 7) is 3.21. The molecule has 4 nitrogen and oxygen atoms in total. The van der Waals surface area contributed by atoms with Crippen molar-refractivity contribution in [1.82, 2.24) is 9.80 Å². The van der Waals surface area contributed by atoms with Crippen molar-refractivity contribution in [3.8, 4) is 0 Å². The molecule has 3 atom stereocenters. The van der Waals surface area contributed by atoms with E-state index in [1.807, 2.05) is 13.8 Å². The molecule has 0 aliphatic carbocycles. The number of amides is 1. The number of carbonyl (C=O) groups is 1. The number of hydrogen-bond donors (Lipinski definition) is 1. The van der Waals surface area contributed by atoms with Crippen LogP contribution in [0.25, 0.3) is 0 Å². The van der Waals surface area contributed by atoms with Crippen LogP contribution in [0, 0.1) is 0 Å². The number of piperidine rings is 1. The first-order valence-corrected chi connectivity index (χ1v) is 6.87. The van der Waals surface area contributed by atoms with Crippen molar-refractivity contribution in [3.05, 3.63) is 0 Å². The zero-order valence-electron chi connectivity index (χ0n) is 12.2. The lowest BCUT2D eigenvalue weighted by Crippen LogP contribution is -2.51. The Labute approximate surface area is 117 Å². The van der Waals surface area contributed by atoms with Gasteiger partial charge in [0.1, 0.15) is 0 Å². The molecule has 7 heteroatoms. The van der Waals surface area contributed by atoms with Crippen LogP contribution in [0.5, 0.6) is 0 Å². The van der Waals surface area contributed by atoms with Crippen molar-refractivity contribution in [2.24, 2.45) is 0 Å². The number of nitrogens with zero attached hydrogens (tertiary/aromatic N) is 2. The SMILES string of the molecule is CC1CCCC(C)N1C(=O)CN(C)CC(O)C(F)(F)F.